The summed E-state index contributed by atoms with van der Waals surface area (Å²) in [6.07, 6.45) is -27.9. The first-order chi connectivity index (χ1) is 43.9. The Morgan fingerprint density at radius 2 is 0.946 bits per heavy atom. The largest absolute Gasteiger partial charge is 1.00 e. The van der Waals surface area contributed by atoms with Crippen LogP contribution in [-0.4, -0.2) is 198 Å². The fourth-order valence-corrected chi connectivity index (χ4v) is 10.1. The van der Waals surface area contributed by atoms with E-state index in [0.717, 1.165) is 41.7 Å². The number of amides is 3. The van der Waals surface area contributed by atoms with Crippen molar-refractivity contribution in [2.45, 2.75) is 133 Å². The Balaban J connectivity index is 0.0000137. The van der Waals surface area contributed by atoms with Gasteiger partial charge in [-0.2, -0.15) is 0 Å². The van der Waals surface area contributed by atoms with Gasteiger partial charge in [-0.3, -0.25) is 28.2 Å². The molecular weight excluding hydrogens is 1270 g/mol. The molecule has 31 nitrogen and oxygen atoms in total. The maximum atomic E-state index is 14.7. The van der Waals surface area contributed by atoms with E-state index in [9.17, 15) is 60.9 Å². The Hall–Kier alpha value is -7.99. The monoisotopic (exact) mass is 1330 g/mol. The quantitative estimate of drug-likeness (QED) is 0.0163. The number of methoxy groups -OCH3 is 1. The van der Waals surface area contributed by atoms with E-state index in [4.69, 9.17) is 66.3 Å². The SMILES string of the molecule is COC(=O)[C@H]1O[C@@H](O[C@@H]2[C@@H](NC(C)=O)[C@H](OCCNC(=O)OCc3ccccc3)O[C@H](COS(=O)(=O)[O-])[C@@H]2OC(=O)c2ccccc2)[C@H](OC(=O)c2ccccc2)[C@@H](OC(=O)c2ccccc2)[C@@H]1O[C@@H]1O[C@H](COC(C)=O)[C@H](OC(C)=O)[C@H](OC(C)=O)[C@H]1NC(C)=O.[Na+]. The summed E-state index contributed by atoms with van der Waals surface area (Å²) in [6.45, 7) is 2.01. The topological polar surface area (TPSA) is 402 Å². The van der Waals surface area contributed by atoms with Gasteiger partial charge in [0.1, 0.15) is 49.7 Å². The van der Waals surface area contributed by atoms with Gasteiger partial charge in [0.05, 0.1) is 37.0 Å². The number of hydrogen-bond donors (Lipinski definition) is 3. The van der Waals surface area contributed by atoms with Crippen LogP contribution in [-0.2, 0) is 116 Å². The van der Waals surface area contributed by atoms with Crippen LogP contribution >= 0.6 is 0 Å². The zero-order valence-corrected chi connectivity index (χ0v) is 53.9. The number of carbonyl (C=O) groups is 10. The minimum absolute atomic E-state index is 0. The molecule has 496 valence electrons. The van der Waals surface area contributed by atoms with Crippen molar-refractivity contribution in [3.63, 3.8) is 0 Å². The minimum atomic E-state index is -5.63. The normalized spacial score (nSPS) is 25.7. The Morgan fingerprint density at radius 3 is 1.44 bits per heavy atom. The van der Waals surface area contributed by atoms with E-state index in [2.05, 4.69) is 20.1 Å². The van der Waals surface area contributed by atoms with E-state index in [1.54, 1.807) is 48.5 Å². The molecule has 3 saturated heterocycles. The molecular formula is C60H66N3NaO28S. The molecule has 0 spiro atoms. The Morgan fingerprint density at radius 1 is 0.495 bits per heavy atom. The first-order valence-corrected chi connectivity index (χ1v) is 29.5. The van der Waals surface area contributed by atoms with Crippen LogP contribution in [0, 0.1) is 0 Å². The van der Waals surface area contributed by atoms with Crippen molar-refractivity contribution in [2.24, 2.45) is 0 Å². The Bertz CT molecular complexity index is 3320. The standard InChI is InChI=1S/C60H67N3O28S.Na/c1-32(64)62-43-48(46(86-53(69)38-21-13-8-14-22-38)42(31-81-92(74,75)76)84-57(43)78-28-27-61-60(73)80-29-37-19-11-7-12-20-37)89-59-52(88-55(71)40-25-17-10-18-26-40)50(87-54(70)39-23-15-9-16-24-39)49(51(91-59)56(72)77-6)90-58-44(63-33(2)65)47(83-36(5)68)45(82-35(4)67)41(85-58)30-79-34(3)66;/h7-26,41-52,57-59H,27-31H2,1-6H3,(H,61,73)(H,62,64)(H,63,65)(H,74,75,76);/q;+1/p-1/t41-,42-,43-,44-,45+,46+,47-,48-,49+,50+,51+,52-,57-,58+,59-;/m1./s1. The number of rotatable bonds is 26. The number of ether oxygens (including phenoxy) is 14. The molecule has 0 aromatic heterocycles. The molecule has 4 aromatic rings. The zero-order valence-electron chi connectivity index (χ0n) is 51.1. The van der Waals surface area contributed by atoms with Gasteiger partial charge in [0.15, 0.2) is 55.5 Å². The van der Waals surface area contributed by atoms with Gasteiger partial charge >= 0.3 is 77.4 Å². The van der Waals surface area contributed by atoms with Crippen LogP contribution in [0.2, 0.25) is 0 Å². The Labute approximate surface area is 554 Å². The third kappa shape index (κ3) is 21.8. The number of esters is 7. The summed E-state index contributed by atoms with van der Waals surface area (Å²) >= 11 is 0. The van der Waals surface area contributed by atoms with Crippen molar-refractivity contribution >= 4 is 70.1 Å². The van der Waals surface area contributed by atoms with Crippen LogP contribution in [0.3, 0.4) is 0 Å². The summed E-state index contributed by atoms with van der Waals surface area (Å²) in [5.74, 6) is -9.62. The molecule has 0 bridgehead atoms. The third-order valence-electron chi connectivity index (χ3n) is 13.6. The molecule has 15 atom stereocenters. The van der Waals surface area contributed by atoms with Gasteiger partial charge in [0.2, 0.25) is 22.2 Å². The molecule has 93 heavy (non-hydrogen) atoms. The fourth-order valence-electron chi connectivity index (χ4n) is 9.77. The van der Waals surface area contributed by atoms with Crippen LogP contribution < -0.4 is 45.5 Å². The molecule has 3 amide bonds. The summed E-state index contributed by atoms with van der Waals surface area (Å²) < 4.78 is 125. The number of hydrogen-bond acceptors (Lipinski definition) is 28. The van der Waals surface area contributed by atoms with Gasteiger partial charge in [-0.15, -0.1) is 0 Å². The molecule has 0 aliphatic carbocycles. The van der Waals surface area contributed by atoms with E-state index < -0.39 is 182 Å². The molecule has 3 aliphatic heterocycles. The van der Waals surface area contributed by atoms with Crippen molar-refractivity contribution in [3.8, 4) is 0 Å². The summed E-state index contributed by atoms with van der Waals surface area (Å²) in [5.41, 5.74) is 0.153. The van der Waals surface area contributed by atoms with Crippen LogP contribution in [0.15, 0.2) is 121 Å². The van der Waals surface area contributed by atoms with Crippen LogP contribution in [0.5, 0.6) is 0 Å². The average molecular weight is 1330 g/mol. The molecule has 3 aliphatic rings. The molecule has 3 N–H and O–H groups in total. The van der Waals surface area contributed by atoms with E-state index >= 15 is 0 Å². The van der Waals surface area contributed by atoms with Crippen molar-refractivity contribution in [3.05, 3.63) is 144 Å². The summed E-state index contributed by atoms with van der Waals surface area (Å²) in [7, 11) is -4.74. The van der Waals surface area contributed by atoms with Gasteiger partial charge < -0.3 is 86.8 Å². The van der Waals surface area contributed by atoms with Crippen molar-refractivity contribution < 1.29 is 161 Å². The van der Waals surface area contributed by atoms with Crippen molar-refractivity contribution in [1.29, 1.82) is 0 Å². The van der Waals surface area contributed by atoms with E-state index in [1.165, 1.54) is 72.8 Å². The zero-order chi connectivity index (χ0) is 66.6. The van der Waals surface area contributed by atoms with Gasteiger partial charge in [0, 0.05) is 41.2 Å². The second-order valence-corrected chi connectivity index (χ2v) is 21.5. The second-order valence-electron chi connectivity index (χ2n) is 20.4. The molecule has 3 fully saturated rings. The maximum absolute atomic E-state index is 14.7. The third-order valence-corrected chi connectivity index (χ3v) is 14.0. The maximum Gasteiger partial charge on any atom is 1.00 e. The van der Waals surface area contributed by atoms with E-state index in [0.29, 0.717) is 5.56 Å². The van der Waals surface area contributed by atoms with Gasteiger partial charge in [-0.05, 0) is 42.0 Å². The molecule has 0 radical (unpaired) electrons. The van der Waals surface area contributed by atoms with Crippen molar-refractivity contribution in [1.82, 2.24) is 16.0 Å². The molecule has 0 unspecified atom stereocenters. The van der Waals surface area contributed by atoms with E-state index in [1.807, 2.05) is 0 Å². The van der Waals surface area contributed by atoms with Crippen LogP contribution in [0.25, 0.3) is 0 Å². The summed E-state index contributed by atoms with van der Waals surface area (Å²) in [5, 5.41) is 7.56. The number of carbonyl (C=O) groups excluding carboxylic acids is 10. The van der Waals surface area contributed by atoms with Gasteiger partial charge in [-0.1, -0.05) is 84.9 Å². The Kier molecular flexibility index (Phi) is 28.1. The first-order valence-electron chi connectivity index (χ1n) is 28.2. The smallest absolute Gasteiger partial charge is 0.726 e. The fraction of sp³-hybridized carbons (Fsp3) is 0.433. The second kappa shape index (κ2) is 35.3. The van der Waals surface area contributed by atoms with Crippen molar-refractivity contribution in [2.75, 3.05) is 33.5 Å². The van der Waals surface area contributed by atoms with Gasteiger partial charge in [-0.25, -0.2) is 32.4 Å². The molecule has 3 heterocycles. The average Bonchev–Trinajstić information content (AvgIpc) is 0.767. The summed E-state index contributed by atoms with van der Waals surface area (Å²) in [4.78, 5) is 136. The van der Waals surface area contributed by atoms with Crippen LogP contribution in [0.1, 0.15) is 71.3 Å². The first kappa shape index (κ1) is 74.1. The molecule has 33 heteroatoms. The predicted octanol–water partition coefficient (Wildman–Crippen LogP) is -1.36. The minimum Gasteiger partial charge on any atom is -0.726 e. The molecule has 4 aromatic carbocycles. The van der Waals surface area contributed by atoms with Gasteiger partial charge in [0.25, 0.3) is 0 Å². The molecule has 0 saturated carbocycles. The predicted molar refractivity (Wildman–Crippen MR) is 304 cm³/mol. The summed E-state index contributed by atoms with van der Waals surface area (Å²) in [6, 6.07) is 26.3. The number of nitrogens with one attached hydrogen (secondary N) is 3. The van der Waals surface area contributed by atoms with Crippen LogP contribution in [0.4, 0.5) is 4.79 Å². The number of benzene rings is 4. The number of alkyl carbamates (subject to hydrolysis) is 1. The molecule has 7 rings (SSSR count). The van der Waals surface area contributed by atoms with E-state index in [-0.39, 0.29) is 59.4 Å².